The number of hydrogen-bond acceptors (Lipinski definition) is 3. The van der Waals surface area contributed by atoms with Gasteiger partial charge in [0.25, 0.3) is 10.0 Å². The van der Waals surface area contributed by atoms with Crippen LogP contribution in [0.5, 0.6) is 0 Å². The van der Waals surface area contributed by atoms with Crippen LogP contribution in [0.3, 0.4) is 0 Å². The van der Waals surface area contributed by atoms with E-state index in [0.717, 1.165) is 11.1 Å². The predicted molar refractivity (Wildman–Crippen MR) is 121 cm³/mol. The summed E-state index contributed by atoms with van der Waals surface area (Å²) in [5.74, 6) is -0.324. The largest absolute Gasteiger partial charge is 0.325 e. The smallest absolute Gasteiger partial charge is 0.266 e. The fourth-order valence-corrected chi connectivity index (χ4v) is 5.34. The van der Waals surface area contributed by atoms with Crippen molar-refractivity contribution in [3.05, 3.63) is 90.0 Å². The third-order valence-corrected chi connectivity index (χ3v) is 6.77. The van der Waals surface area contributed by atoms with Crippen LogP contribution in [-0.2, 0) is 14.8 Å². The minimum Gasteiger partial charge on any atom is -0.325 e. The molecule has 1 N–H and O–H groups in total. The van der Waals surface area contributed by atoms with Gasteiger partial charge in [0, 0.05) is 6.92 Å². The third kappa shape index (κ3) is 4.54. The molecule has 0 aromatic heterocycles. The summed E-state index contributed by atoms with van der Waals surface area (Å²) in [6.45, 7) is 5.29. The number of sulfonamides is 1. The highest BCUT2D eigenvalue weighted by Crippen LogP contribution is 2.37. The molecule has 0 aliphatic rings. The summed E-state index contributed by atoms with van der Waals surface area (Å²) in [6.07, 6.45) is 0.583. The molecule has 3 rings (SSSR count). The maximum atomic E-state index is 14.0. The van der Waals surface area contributed by atoms with Crippen molar-refractivity contribution >= 4 is 27.3 Å². The van der Waals surface area contributed by atoms with Crippen LogP contribution >= 0.6 is 0 Å². The van der Waals surface area contributed by atoms with E-state index in [0.29, 0.717) is 12.1 Å². The van der Waals surface area contributed by atoms with Crippen LogP contribution in [0.25, 0.3) is 0 Å². The second-order valence-electron chi connectivity index (χ2n) is 7.15. The zero-order valence-electron chi connectivity index (χ0n) is 17.4. The number of rotatable bonds is 7. The van der Waals surface area contributed by atoms with E-state index in [1.807, 2.05) is 68.4 Å². The molecule has 0 fully saturated rings. The van der Waals surface area contributed by atoms with Crippen molar-refractivity contribution in [3.8, 4) is 0 Å². The molecule has 0 spiro atoms. The average Bonchev–Trinajstić information content (AvgIpc) is 2.73. The number of para-hydroxylation sites is 1. The van der Waals surface area contributed by atoms with E-state index in [1.165, 1.54) is 17.3 Å². The Hall–Kier alpha value is -3.12. The molecule has 156 valence electrons. The Bertz CT molecular complexity index is 1110. The van der Waals surface area contributed by atoms with Crippen molar-refractivity contribution in [3.63, 3.8) is 0 Å². The maximum absolute atomic E-state index is 14.0. The fraction of sp³-hybridized carbons (Fsp3) is 0.208. The molecular formula is C24H26N2O3S. The van der Waals surface area contributed by atoms with Crippen molar-refractivity contribution < 1.29 is 13.2 Å². The van der Waals surface area contributed by atoms with Crippen LogP contribution in [0, 0.1) is 6.92 Å². The number of nitrogens with zero attached hydrogens (tertiary/aromatic N) is 1. The van der Waals surface area contributed by atoms with Gasteiger partial charge in [-0.05, 0) is 43.2 Å². The lowest BCUT2D eigenvalue weighted by Gasteiger charge is -2.33. The van der Waals surface area contributed by atoms with E-state index in [4.69, 9.17) is 0 Å². The Morgan fingerprint density at radius 1 is 0.933 bits per heavy atom. The molecule has 0 heterocycles. The Kier molecular flexibility index (Phi) is 6.57. The van der Waals surface area contributed by atoms with E-state index in [1.54, 1.807) is 18.2 Å². The van der Waals surface area contributed by atoms with Crippen LogP contribution < -0.4 is 9.62 Å². The quantitative estimate of drug-likeness (QED) is 0.562. The normalized spacial score (nSPS) is 12.2. The van der Waals surface area contributed by atoms with E-state index in [2.05, 4.69) is 5.32 Å². The topological polar surface area (TPSA) is 66.5 Å². The molecule has 1 unspecified atom stereocenters. The first kappa shape index (κ1) is 21.6. The minimum atomic E-state index is -3.98. The maximum Gasteiger partial charge on any atom is 0.266 e. The average molecular weight is 423 g/mol. The highest BCUT2D eigenvalue weighted by Gasteiger charge is 2.33. The van der Waals surface area contributed by atoms with Crippen molar-refractivity contribution in [2.45, 2.75) is 38.1 Å². The van der Waals surface area contributed by atoms with Gasteiger partial charge in [0.1, 0.15) is 4.90 Å². The SMILES string of the molecule is CCC(c1ccccc1)N(c1ccc(C)cc1)S(=O)(=O)c1ccccc1NC(C)=O. The van der Waals surface area contributed by atoms with Gasteiger partial charge in [0.2, 0.25) is 5.91 Å². The molecule has 3 aromatic carbocycles. The molecule has 30 heavy (non-hydrogen) atoms. The molecule has 0 bridgehead atoms. The van der Waals surface area contributed by atoms with Gasteiger partial charge in [0.15, 0.2) is 0 Å². The van der Waals surface area contributed by atoms with Crippen molar-refractivity contribution in [2.24, 2.45) is 0 Å². The van der Waals surface area contributed by atoms with Crippen LogP contribution in [0.1, 0.15) is 37.4 Å². The first-order chi connectivity index (χ1) is 14.3. The number of nitrogens with one attached hydrogen (secondary N) is 1. The molecule has 6 heteroatoms. The van der Waals surface area contributed by atoms with E-state index in [-0.39, 0.29) is 16.5 Å². The lowest BCUT2D eigenvalue weighted by Crippen LogP contribution is -2.35. The number of benzene rings is 3. The van der Waals surface area contributed by atoms with E-state index in [9.17, 15) is 13.2 Å². The summed E-state index contributed by atoms with van der Waals surface area (Å²) in [7, 11) is -3.98. The molecule has 0 aliphatic heterocycles. The van der Waals surface area contributed by atoms with Crippen molar-refractivity contribution in [1.82, 2.24) is 0 Å². The van der Waals surface area contributed by atoms with Crippen LogP contribution in [0.2, 0.25) is 0 Å². The highest BCUT2D eigenvalue weighted by molar-refractivity contribution is 7.93. The van der Waals surface area contributed by atoms with E-state index < -0.39 is 16.1 Å². The summed E-state index contributed by atoms with van der Waals surface area (Å²) in [4.78, 5) is 11.7. The number of anilines is 2. The van der Waals surface area contributed by atoms with E-state index >= 15 is 0 Å². The molecule has 1 amide bonds. The third-order valence-electron chi connectivity index (χ3n) is 4.88. The molecule has 3 aromatic rings. The van der Waals surface area contributed by atoms with Gasteiger partial charge in [-0.2, -0.15) is 0 Å². The van der Waals surface area contributed by atoms with Crippen LogP contribution in [0.4, 0.5) is 11.4 Å². The standard InChI is InChI=1S/C24H26N2O3S/c1-4-23(20-10-6-5-7-11-20)26(21-16-14-18(2)15-17-21)30(28,29)24-13-9-8-12-22(24)25-19(3)27/h5-17,23H,4H2,1-3H3,(H,25,27). The lowest BCUT2D eigenvalue weighted by atomic mass is 10.0. The summed E-state index contributed by atoms with van der Waals surface area (Å²) in [6, 6.07) is 23.1. The van der Waals surface area contributed by atoms with Crippen LogP contribution in [-0.4, -0.2) is 14.3 Å². The van der Waals surface area contributed by atoms with Crippen LogP contribution in [0.15, 0.2) is 83.8 Å². The Morgan fingerprint density at radius 2 is 1.53 bits per heavy atom. The van der Waals surface area contributed by atoms with Gasteiger partial charge >= 0.3 is 0 Å². The molecule has 1 atom stereocenters. The highest BCUT2D eigenvalue weighted by atomic mass is 32.2. The summed E-state index contributed by atoms with van der Waals surface area (Å²) >= 11 is 0. The summed E-state index contributed by atoms with van der Waals surface area (Å²) in [5.41, 5.74) is 2.79. The second kappa shape index (κ2) is 9.13. The number of carbonyl (C=O) groups is 1. The molecule has 0 saturated heterocycles. The number of hydrogen-bond donors (Lipinski definition) is 1. The zero-order chi connectivity index (χ0) is 21.7. The number of carbonyl (C=O) groups excluding carboxylic acids is 1. The predicted octanol–water partition coefficient (Wildman–Crippen LogP) is 5.30. The van der Waals surface area contributed by atoms with Gasteiger partial charge < -0.3 is 5.32 Å². The number of aryl methyl sites for hydroxylation is 1. The lowest BCUT2D eigenvalue weighted by molar-refractivity contribution is -0.114. The Labute approximate surface area is 178 Å². The summed E-state index contributed by atoms with van der Waals surface area (Å²) < 4.78 is 29.4. The van der Waals surface area contributed by atoms with Gasteiger partial charge in [-0.3, -0.25) is 9.10 Å². The molecule has 0 aliphatic carbocycles. The minimum absolute atomic E-state index is 0.0650. The second-order valence-corrected chi connectivity index (χ2v) is 8.93. The summed E-state index contributed by atoms with van der Waals surface area (Å²) in [5, 5.41) is 2.65. The zero-order valence-corrected chi connectivity index (χ0v) is 18.2. The first-order valence-electron chi connectivity index (χ1n) is 9.87. The molecule has 5 nitrogen and oxygen atoms in total. The molecular weight excluding hydrogens is 396 g/mol. The van der Waals surface area contributed by atoms with Gasteiger partial charge in [-0.25, -0.2) is 8.42 Å². The van der Waals surface area contributed by atoms with Gasteiger partial charge in [-0.15, -0.1) is 0 Å². The Balaban J connectivity index is 2.22. The van der Waals surface area contributed by atoms with Crippen molar-refractivity contribution in [1.29, 1.82) is 0 Å². The first-order valence-corrected chi connectivity index (χ1v) is 11.3. The van der Waals surface area contributed by atoms with Gasteiger partial charge in [0.05, 0.1) is 17.4 Å². The number of amides is 1. The van der Waals surface area contributed by atoms with Gasteiger partial charge in [-0.1, -0.05) is 67.1 Å². The Morgan fingerprint density at radius 3 is 2.13 bits per heavy atom. The molecule has 0 saturated carbocycles. The molecule has 0 radical (unpaired) electrons. The fourth-order valence-electron chi connectivity index (χ4n) is 3.48. The van der Waals surface area contributed by atoms with Crippen molar-refractivity contribution in [2.75, 3.05) is 9.62 Å². The monoisotopic (exact) mass is 422 g/mol.